The van der Waals surface area contributed by atoms with Crippen LogP contribution in [0.4, 0.5) is 0 Å². The number of hydrogen-bond donors (Lipinski definition) is 0. The average molecular weight is 278 g/mol. The van der Waals surface area contributed by atoms with Crippen molar-refractivity contribution in [2.45, 2.75) is 45.1 Å². The first-order valence-electron chi connectivity index (χ1n) is 8.06. The monoisotopic (exact) mass is 278 g/mol. The third-order valence-corrected chi connectivity index (χ3v) is 5.18. The first-order chi connectivity index (χ1) is 10.2. The molecule has 1 heterocycles. The second-order valence-corrected chi connectivity index (χ2v) is 6.69. The maximum absolute atomic E-state index is 6.43. The minimum atomic E-state index is 0.230. The molecule has 0 spiro atoms. The Labute approximate surface area is 127 Å². The highest BCUT2D eigenvalue weighted by molar-refractivity contribution is 5.43. The summed E-state index contributed by atoms with van der Waals surface area (Å²) < 4.78 is 6.43. The fourth-order valence-corrected chi connectivity index (χ4v) is 4.10. The Bertz CT molecular complexity index is 656. The van der Waals surface area contributed by atoms with Crippen molar-refractivity contribution in [1.82, 2.24) is 0 Å². The zero-order valence-corrected chi connectivity index (χ0v) is 12.8. The predicted molar refractivity (Wildman–Crippen MR) is 85.8 cm³/mol. The van der Waals surface area contributed by atoms with Gasteiger partial charge in [0.2, 0.25) is 0 Å². The summed E-state index contributed by atoms with van der Waals surface area (Å²) >= 11 is 0. The van der Waals surface area contributed by atoms with Crippen LogP contribution < -0.4 is 4.74 Å². The lowest BCUT2D eigenvalue weighted by atomic mass is 9.79. The molecule has 3 atom stereocenters. The van der Waals surface area contributed by atoms with Gasteiger partial charge in [-0.2, -0.15) is 0 Å². The molecule has 21 heavy (non-hydrogen) atoms. The molecule has 108 valence electrons. The minimum absolute atomic E-state index is 0.230. The molecule has 0 saturated heterocycles. The van der Waals surface area contributed by atoms with E-state index >= 15 is 0 Å². The van der Waals surface area contributed by atoms with Crippen molar-refractivity contribution in [2.75, 3.05) is 0 Å². The highest BCUT2D eigenvalue weighted by Gasteiger charge is 2.41. The van der Waals surface area contributed by atoms with E-state index in [1.807, 2.05) is 0 Å². The van der Waals surface area contributed by atoms with Gasteiger partial charge in [0.25, 0.3) is 0 Å². The number of ether oxygens (including phenoxy) is 1. The molecule has 1 nitrogen and oxygen atoms in total. The molecule has 2 aromatic carbocycles. The van der Waals surface area contributed by atoms with Crippen molar-refractivity contribution in [3.63, 3.8) is 0 Å². The maximum Gasteiger partial charge on any atom is 0.127 e. The van der Waals surface area contributed by atoms with Crippen molar-refractivity contribution in [1.29, 1.82) is 0 Å². The number of benzene rings is 2. The molecule has 1 fully saturated rings. The Kier molecular flexibility index (Phi) is 3.02. The van der Waals surface area contributed by atoms with Crippen LogP contribution in [0.25, 0.3) is 0 Å². The Hall–Kier alpha value is -1.76. The smallest absolute Gasteiger partial charge is 0.127 e. The van der Waals surface area contributed by atoms with E-state index in [4.69, 9.17) is 4.74 Å². The average Bonchev–Trinajstić information content (AvgIpc) is 2.97. The first kappa shape index (κ1) is 12.9. The molecule has 2 aromatic rings. The van der Waals surface area contributed by atoms with Gasteiger partial charge in [0.05, 0.1) is 0 Å². The van der Waals surface area contributed by atoms with Crippen LogP contribution in [0.3, 0.4) is 0 Å². The SMILES string of the molecule is Cc1ccc([C@H]2Oc3ccc(C)cc3[C@H]3CCC[C@H]32)cc1. The molecule has 1 heteroatoms. The van der Waals surface area contributed by atoms with Gasteiger partial charge in [-0.25, -0.2) is 0 Å². The van der Waals surface area contributed by atoms with Crippen molar-refractivity contribution >= 4 is 0 Å². The van der Waals surface area contributed by atoms with E-state index < -0.39 is 0 Å². The zero-order valence-electron chi connectivity index (χ0n) is 12.8. The van der Waals surface area contributed by atoms with Gasteiger partial charge in [0.15, 0.2) is 0 Å². The summed E-state index contributed by atoms with van der Waals surface area (Å²) in [6.07, 6.45) is 4.16. The van der Waals surface area contributed by atoms with Crippen LogP contribution in [-0.2, 0) is 0 Å². The molecule has 2 aliphatic rings. The van der Waals surface area contributed by atoms with Gasteiger partial charge in [-0.05, 0) is 49.8 Å². The summed E-state index contributed by atoms with van der Waals surface area (Å²) in [7, 11) is 0. The molecule has 0 bridgehead atoms. The molecule has 0 N–H and O–H groups in total. The van der Waals surface area contributed by atoms with E-state index in [1.165, 1.54) is 41.5 Å². The molecule has 0 aromatic heterocycles. The molecule has 1 saturated carbocycles. The van der Waals surface area contributed by atoms with E-state index in [0.717, 1.165) is 5.75 Å². The highest BCUT2D eigenvalue weighted by atomic mass is 16.5. The van der Waals surface area contributed by atoms with Crippen molar-refractivity contribution in [3.05, 3.63) is 64.7 Å². The van der Waals surface area contributed by atoms with E-state index in [2.05, 4.69) is 56.3 Å². The fraction of sp³-hybridized carbons (Fsp3) is 0.400. The van der Waals surface area contributed by atoms with Gasteiger partial charge < -0.3 is 4.74 Å². The third kappa shape index (κ3) is 2.16. The van der Waals surface area contributed by atoms with E-state index in [1.54, 1.807) is 0 Å². The van der Waals surface area contributed by atoms with E-state index in [9.17, 15) is 0 Å². The van der Waals surface area contributed by atoms with Crippen LogP contribution in [0.15, 0.2) is 42.5 Å². The second kappa shape index (κ2) is 4.91. The lowest BCUT2D eigenvalue weighted by molar-refractivity contribution is 0.104. The zero-order chi connectivity index (χ0) is 14.4. The van der Waals surface area contributed by atoms with Gasteiger partial charge in [0, 0.05) is 5.92 Å². The van der Waals surface area contributed by atoms with Crippen LogP contribution in [-0.4, -0.2) is 0 Å². The Balaban J connectivity index is 1.77. The number of aryl methyl sites for hydroxylation is 2. The maximum atomic E-state index is 6.43. The van der Waals surface area contributed by atoms with Crippen molar-refractivity contribution in [3.8, 4) is 5.75 Å². The Morgan fingerprint density at radius 3 is 2.48 bits per heavy atom. The number of rotatable bonds is 1. The van der Waals surface area contributed by atoms with Crippen molar-refractivity contribution < 1.29 is 4.74 Å². The summed E-state index contributed by atoms with van der Waals surface area (Å²) in [4.78, 5) is 0. The van der Waals surface area contributed by atoms with Gasteiger partial charge in [0.1, 0.15) is 11.9 Å². The second-order valence-electron chi connectivity index (χ2n) is 6.69. The van der Waals surface area contributed by atoms with Gasteiger partial charge in [-0.1, -0.05) is 53.9 Å². The standard InChI is InChI=1S/C20H22O/c1-13-6-9-15(10-7-13)20-17-5-3-4-16(17)18-12-14(2)8-11-19(18)21-20/h6-12,16-17,20H,3-5H2,1-2H3/t16-,17+,20+/m0/s1. The fourth-order valence-electron chi connectivity index (χ4n) is 4.10. The van der Waals surface area contributed by atoms with E-state index in [0.29, 0.717) is 11.8 Å². The molecule has 4 rings (SSSR count). The molecule has 1 aliphatic heterocycles. The summed E-state index contributed by atoms with van der Waals surface area (Å²) in [5, 5.41) is 0. The van der Waals surface area contributed by atoms with Crippen LogP contribution in [0.2, 0.25) is 0 Å². The van der Waals surface area contributed by atoms with E-state index in [-0.39, 0.29) is 6.10 Å². The Morgan fingerprint density at radius 1 is 0.905 bits per heavy atom. The van der Waals surface area contributed by atoms with Gasteiger partial charge in [-0.15, -0.1) is 0 Å². The highest BCUT2D eigenvalue weighted by Crippen LogP contribution is 2.53. The minimum Gasteiger partial charge on any atom is -0.485 e. The summed E-state index contributed by atoms with van der Waals surface area (Å²) in [6.45, 7) is 4.32. The van der Waals surface area contributed by atoms with Gasteiger partial charge >= 0.3 is 0 Å². The topological polar surface area (TPSA) is 9.23 Å². The summed E-state index contributed by atoms with van der Waals surface area (Å²) in [5.41, 5.74) is 5.44. The Morgan fingerprint density at radius 2 is 1.67 bits per heavy atom. The van der Waals surface area contributed by atoms with Crippen LogP contribution in [0.5, 0.6) is 5.75 Å². The molecule has 0 radical (unpaired) electrons. The predicted octanol–water partition coefficient (Wildman–Crippen LogP) is 5.32. The molecule has 0 unspecified atom stereocenters. The molecular formula is C20H22O. The normalized spacial score (nSPS) is 26.9. The lowest BCUT2D eigenvalue weighted by Gasteiger charge is -2.36. The quantitative estimate of drug-likeness (QED) is 0.686. The first-order valence-corrected chi connectivity index (χ1v) is 8.06. The number of fused-ring (bicyclic) bond motifs is 3. The van der Waals surface area contributed by atoms with Crippen molar-refractivity contribution in [2.24, 2.45) is 5.92 Å². The lowest BCUT2D eigenvalue weighted by Crippen LogP contribution is -2.26. The third-order valence-electron chi connectivity index (χ3n) is 5.18. The molecular weight excluding hydrogens is 256 g/mol. The van der Waals surface area contributed by atoms with Gasteiger partial charge in [-0.3, -0.25) is 0 Å². The molecule has 0 amide bonds. The van der Waals surface area contributed by atoms with Crippen LogP contribution in [0.1, 0.15) is 53.5 Å². The van der Waals surface area contributed by atoms with Crippen LogP contribution >= 0.6 is 0 Å². The number of hydrogen-bond acceptors (Lipinski definition) is 1. The molecule has 1 aliphatic carbocycles. The summed E-state index contributed by atoms with van der Waals surface area (Å²) in [5.74, 6) is 2.43. The largest absolute Gasteiger partial charge is 0.485 e. The van der Waals surface area contributed by atoms with Crippen LogP contribution in [0, 0.1) is 19.8 Å². The summed E-state index contributed by atoms with van der Waals surface area (Å²) in [6, 6.07) is 15.6.